The van der Waals surface area contributed by atoms with Crippen molar-refractivity contribution in [1.29, 1.82) is 0 Å². The predicted molar refractivity (Wildman–Crippen MR) is 122 cm³/mol. The van der Waals surface area contributed by atoms with E-state index in [2.05, 4.69) is 9.80 Å². The van der Waals surface area contributed by atoms with Crippen LogP contribution < -0.4 is 14.4 Å². The molecule has 1 aromatic rings. The number of hydrogen-bond donors (Lipinski definition) is 0. The fourth-order valence-corrected chi connectivity index (χ4v) is 4.80. The molecule has 1 aliphatic carbocycles. The molecule has 0 radical (unpaired) electrons. The van der Waals surface area contributed by atoms with Crippen LogP contribution >= 0.6 is 12.4 Å². The molecule has 2 amide bonds. The first-order valence-electron chi connectivity index (χ1n) is 10.8. The van der Waals surface area contributed by atoms with Crippen LogP contribution in [0, 0.1) is 11.8 Å². The number of anilines is 1. The monoisotopic (exact) mass is 449 g/mol. The molecule has 2 saturated heterocycles. The number of rotatable bonds is 7. The molecule has 7 nitrogen and oxygen atoms in total. The summed E-state index contributed by atoms with van der Waals surface area (Å²) in [6, 6.07) is 5.87. The van der Waals surface area contributed by atoms with Crippen molar-refractivity contribution in [1.82, 2.24) is 9.80 Å². The van der Waals surface area contributed by atoms with Gasteiger partial charge in [0.05, 0.1) is 31.7 Å². The lowest BCUT2D eigenvalue weighted by Crippen LogP contribution is -2.47. The molecule has 31 heavy (non-hydrogen) atoms. The number of allylic oxidation sites excluding steroid dienone is 2. The minimum absolute atomic E-state index is 0. The highest BCUT2D eigenvalue weighted by Crippen LogP contribution is 2.35. The second kappa shape index (κ2) is 10.4. The average Bonchev–Trinajstić information content (AvgIpc) is 3.04. The second-order valence-electron chi connectivity index (χ2n) is 8.20. The standard InChI is InChI=1S/C23H31N3O4.ClH/c1-29-17-8-9-21(30-2)20(16-17)25-14-12-24(13-15-25)10-5-11-26-22(27)18-6-3-4-7-19(18)23(26)28;/h3-4,8-9,16,18-19H,5-7,10-15H2,1-2H3;1H. The first-order chi connectivity index (χ1) is 14.6. The lowest BCUT2D eigenvalue weighted by molar-refractivity contribution is -0.140. The molecule has 2 heterocycles. The van der Waals surface area contributed by atoms with E-state index >= 15 is 0 Å². The van der Waals surface area contributed by atoms with Crippen LogP contribution in [0.15, 0.2) is 30.4 Å². The Morgan fingerprint density at radius 3 is 2.13 bits per heavy atom. The largest absolute Gasteiger partial charge is 0.497 e. The van der Waals surface area contributed by atoms with Crippen LogP contribution in [-0.4, -0.2) is 75.1 Å². The maximum atomic E-state index is 12.6. The van der Waals surface area contributed by atoms with Crippen LogP contribution in [-0.2, 0) is 9.59 Å². The van der Waals surface area contributed by atoms with Crippen LogP contribution in [0.25, 0.3) is 0 Å². The summed E-state index contributed by atoms with van der Waals surface area (Å²) in [7, 11) is 3.36. The van der Waals surface area contributed by atoms with Gasteiger partial charge in [-0.15, -0.1) is 12.4 Å². The molecule has 1 aromatic carbocycles. The molecule has 0 aromatic heterocycles. The van der Waals surface area contributed by atoms with E-state index in [1.54, 1.807) is 14.2 Å². The van der Waals surface area contributed by atoms with Gasteiger partial charge in [0, 0.05) is 38.8 Å². The van der Waals surface area contributed by atoms with Gasteiger partial charge in [-0.05, 0) is 37.9 Å². The number of hydrogen-bond acceptors (Lipinski definition) is 6. The topological polar surface area (TPSA) is 62.3 Å². The average molecular weight is 450 g/mol. The molecule has 2 atom stereocenters. The zero-order valence-electron chi connectivity index (χ0n) is 18.3. The van der Waals surface area contributed by atoms with Crippen LogP contribution in [0.4, 0.5) is 5.69 Å². The van der Waals surface area contributed by atoms with Crippen molar-refractivity contribution >= 4 is 29.9 Å². The lowest BCUT2D eigenvalue weighted by Gasteiger charge is -2.36. The van der Waals surface area contributed by atoms with Crippen molar-refractivity contribution in [2.75, 3.05) is 58.4 Å². The zero-order chi connectivity index (χ0) is 21.1. The Balaban J connectivity index is 0.00000272. The Morgan fingerprint density at radius 1 is 0.903 bits per heavy atom. The molecule has 0 bridgehead atoms. The molecule has 0 N–H and O–H groups in total. The Bertz CT molecular complexity index is 797. The summed E-state index contributed by atoms with van der Waals surface area (Å²) in [5.41, 5.74) is 1.06. The number of nitrogens with zero attached hydrogens (tertiary/aromatic N) is 3. The van der Waals surface area contributed by atoms with Crippen LogP contribution in [0.1, 0.15) is 19.3 Å². The summed E-state index contributed by atoms with van der Waals surface area (Å²) in [6.07, 6.45) is 6.31. The Hall–Kier alpha value is -2.25. The molecule has 4 rings (SSSR count). The van der Waals surface area contributed by atoms with E-state index in [0.717, 1.165) is 56.3 Å². The summed E-state index contributed by atoms with van der Waals surface area (Å²) in [4.78, 5) is 31.4. The van der Waals surface area contributed by atoms with Gasteiger partial charge >= 0.3 is 0 Å². The van der Waals surface area contributed by atoms with E-state index in [9.17, 15) is 9.59 Å². The van der Waals surface area contributed by atoms with E-state index in [1.165, 1.54) is 4.90 Å². The molecule has 3 aliphatic rings. The van der Waals surface area contributed by atoms with E-state index in [4.69, 9.17) is 9.47 Å². The first kappa shape index (κ1) is 23.4. The highest BCUT2D eigenvalue weighted by molar-refractivity contribution is 6.05. The maximum absolute atomic E-state index is 12.6. The zero-order valence-corrected chi connectivity index (χ0v) is 19.1. The molecular weight excluding hydrogens is 418 g/mol. The van der Waals surface area contributed by atoms with E-state index in [0.29, 0.717) is 19.4 Å². The van der Waals surface area contributed by atoms with Gasteiger partial charge in [0.1, 0.15) is 11.5 Å². The molecule has 2 fully saturated rings. The Kier molecular flexibility index (Phi) is 7.84. The van der Waals surface area contributed by atoms with Gasteiger partial charge in [-0.3, -0.25) is 19.4 Å². The third-order valence-electron chi connectivity index (χ3n) is 6.55. The smallest absolute Gasteiger partial charge is 0.233 e. The Morgan fingerprint density at radius 2 is 1.55 bits per heavy atom. The van der Waals surface area contributed by atoms with Gasteiger partial charge in [0.2, 0.25) is 11.8 Å². The van der Waals surface area contributed by atoms with Crippen molar-refractivity contribution in [3.8, 4) is 11.5 Å². The van der Waals surface area contributed by atoms with Crippen LogP contribution in [0.5, 0.6) is 11.5 Å². The van der Waals surface area contributed by atoms with E-state index in [1.807, 2.05) is 30.4 Å². The van der Waals surface area contributed by atoms with E-state index in [-0.39, 0.29) is 36.1 Å². The molecule has 0 spiro atoms. The van der Waals surface area contributed by atoms with Crippen LogP contribution in [0.2, 0.25) is 0 Å². The summed E-state index contributed by atoms with van der Waals surface area (Å²) >= 11 is 0. The highest BCUT2D eigenvalue weighted by Gasteiger charge is 2.46. The summed E-state index contributed by atoms with van der Waals surface area (Å²) in [6.45, 7) is 5.12. The second-order valence-corrected chi connectivity index (χ2v) is 8.20. The minimum Gasteiger partial charge on any atom is -0.497 e. The van der Waals surface area contributed by atoms with Crippen molar-refractivity contribution in [2.45, 2.75) is 19.3 Å². The highest BCUT2D eigenvalue weighted by atomic mass is 35.5. The molecular formula is C23H32ClN3O4. The number of imide groups is 1. The number of ether oxygens (including phenoxy) is 2. The molecule has 8 heteroatoms. The van der Waals surface area contributed by atoms with Gasteiger partial charge in [0.25, 0.3) is 0 Å². The summed E-state index contributed by atoms with van der Waals surface area (Å²) in [5.74, 6) is 1.50. The fourth-order valence-electron chi connectivity index (χ4n) is 4.80. The van der Waals surface area contributed by atoms with Crippen LogP contribution in [0.3, 0.4) is 0 Å². The van der Waals surface area contributed by atoms with E-state index < -0.39 is 0 Å². The summed E-state index contributed by atoms with van der Waals surface area (Å²) < 4.78 is 10.9. The van der Waals surface area contributed by atoms with Crippen molar-refractivity contribution in [3.05, 3.63) is 30.4 Å². The van der Waals surface area contributed by atoms with Gasteiger partial charge in [-0.25, -0.2) is 0 Å². The third-order valence-corrected chi connectivity index (χ3v) is 6.55. The fraction of sp³-hybridized carbons (Fsp3) is 0.565. The number of amides is 2. The number of piperazine rings is 1. The van der Waals surface area contributed by atoms with Gasteiger partial charge < -0.3 is 14.4 Å². The van der Waals surface area contributed by atoms with Gasteiger partial charge in [-0.1, -0.05) is 12.2 Å². The van der Waals surface area contributed by atoms with Crippen molar-refractivity contribution < 1.29 is 19.1 Å². The minimum atomic E-state index is -0.121. The number of halogens is 1. The molecule has 170 valence electrons. The number of carbonyl (C=O) groups excluding carboxylic acids is 2. The predicted octanol–water partition coefficient (Wildman–Crippen LogP) is 2.59. The summed E-state index contributed by atoms with van der Waals surface area (Å²) in [5, 5.41) is 0. The lowest BCUT2D eigenvalue weighted by atomic mass is 9.85. The SMILES string of the molecule is COc1ccc(OC)c(N2CCN(CCCN3C(=O)C4CC=CCC4C3=O)CC2)c1.Cl. The number of fused-ring (bicyclic) bond motifs is 1. The molecule has 2 aliphatic heterocycles. The number of likely N-dealkylation sites (tertiary alicyclic amines) is 1. The molecule has 0 saturated carbocycles. The normalized spacial score (nSPS) is 23.5. The third kappa shape index (κ3) is 4.83. The van der Waals surface area contributed by atoms with Gasteiger partial charge in [-0.2, -0.15) is 0 Å². The van der Waals surface area contributed by atoms with Crippen molar-refractivity contribution in [2.24, 2.45) is 11.8 Å². The maximum Gasteiger partial charge on any atom is 0.233 e. The Labute approximate surface area is 190 Å². The molecule has 2 unspecified atom stereocenters. The van der Waals surface area contributed by atoms with Gasteiger partial charge in [0.15, 0.2) is 0 Å². The number of benzene rings is 1. The number of carbonyl (C=O) groups is 2. The quantitative estimate of drug-likeness (QED) is 0.471. The number of methoxy groups -OCH3 is 2. The van der Waals surface area contributed by atoms with Crippen molar-refractivity contribution in [3.63, 3.8) is 0 Å². The first-order valence-corrected chi connectivity index (χ1v) is 10.8.